The van der Waals surface area contributed by atoms with Gasteiger partial charge in [-0.2, -0.15) is 0 Å². The standard InChI is InChI=1S/C10H22NO.Al.4FH/c1-3-7-11(10-12-4-2)8-5-6-9-11;;;;;/h3-10H2,1-2H3;;4*1H/q+1;+3;;;;/p-4. The van der Waals surface area contributed by atoms with Crippen LogP contribution >= 0.6 is 0 Å². The highest BCUT2D eigenvalue weighted by molar-refractivity contribution is 6.50. The topological polar surface area (TPSA) is 9.23 Å². The van der Waals surface area contributed by atoms with Crippen LogP contribution in [0.3, 0.4) is 0 Å². The van der Waals surface area contributed by atoms with E-state index in [9.17, 15) is 14.1 Å². The highest BCUT2D eigenvalue weighted by atomic mass is 27.5. The molecule has 1 rings (SSSR count). The smallest absolute Gasteiger partial charge is 0.510 e. The van der Waals surface area contributed by atoms with Gasteiger partial charge in [-0.25, -0.2) is 0 Å². The van der Waals surface area contributed by atoms with Gasteiger partial charge in [-0.1, -0.05) is 6.92 Å². The highest BCUT2D eigenvalue weighted by Gasteiger charge is 2.41. The van der Waals surface area contributed by atoms with Gasteiger partial charge in [-0.05, 0) is 13.3 Å². The Balaban J connectivity index is 0.000000437. The molecule has 0 unspecified atom stereocenters. The molecule has 0 N–H and O–H groups in total. The van der Waals surface area contributed by atoms with Crippen molar-refractivity contribution in [3.05, 3.63) is 0 Å². The van der Waals surface area contributed by atoms with Gasteiger partial charge in [0.2, 0.25) is 0 Å². The summed E-state index contributed by atoms with van der Waals surface area (Å²) in [6.45, 7) is 10.2. The molecular formula is C10H22AlF4NO. The maximum atomic E-state index is 9.85. The fourth-order valence-electron chi connectivity index (χ4n) is 2.18. The number of hydrogen-bond acceptors (Lipinski definition) is 1. The molecule has 2 nitrogen and oxygen atoms in total. The van der Waals surface area contributed by atoms with Crippen LogP contribution in [-0.4, -0.2) is 52.4 Å². The van der Waals surface area contributed by atoms with Gasteiger partial charge >= 0.3 is 14.9 Å². The predicted octanol–water partition coefficient (Wildman–Crippen LogP) is 3.30. The Morgan fingerprint density at radius 3 is 1.88 bits per heavy atom. The molecule has 17 heavy (non-hydrogen) atoms. The molecule has 0 aromatic carbocycles. The SMILES string of the molecule is CCC[N+]1(COCC)CCCC1.[F][Al-]([F])([F])[F]. The van der Waals surface area contributed by atoms with E-state index in [0.29, 0.717) is 0 Å². The Morgan fingerprint density at radius 2 is 1.53 bits per heavy atom. The fourth-order valence-corrected chi connectivity index (χ4v) is 2.18. The van der Waals surface area contributed by atoms with Crippen molar-refractivity contribution in [2.45, 2.75) is 33.1 Å². The third-order valence-electron chi connectivity index (χ3n) is 2.78. The quantitative estimate of drug-likeness (QED) is 0.425. The first-order valence-corrected chi connectivity index (χ1v) is 7.88. The Morgan fingerprint density at radius 1 is 1.06 bits per heavy atom. The van der Waals surface area contributed by atoms with Crippen molar-refractivity contribution in [3.63, 3.8) is 0 Å². The largest absolute Gasteiger partial charge is 1.04 e. The number of ether oxygens (including phenoxy) is 1. The molecule has 7 heteroatoms. The second kappa shape index (κ2) is 8.31. The average molecular weight is 275 g/mol. The molecule has 0 aromatic rings. The highest BCUT2D eigenvalue weighted by Crippen LogP contribution is 2.19. The predicted molar refractivity (Wildman–Crippen MR) is 61.1 cm³/mol. The first kappa shape index (κ1) is 17.2. The van der Waals surface area contributed by atoms with Crippen LogP contribution in [-0.2, 0) is 4.74 Å². The lowest BCUT2D eigenvalue weighted by Crippen LogP contribution is -2.47. The molecule has 0 bridgehead atoms. The van der Waals surface area contributed by atoms with Gasteiger partial charge in [-0.3, -0.25) is 0 Å². The zero-order chi connectivity index (χ0) is 13.4. The molecular weight excluding hydrogens is 253 g/mol. The van der Waals surface area contributed by atoms with Crippen LogP contribution in [0.15, 0.2) is 0 Å². The molecule has 0 saturated carbocycles. The molecule has 0 spiro atoms. The second-order valence-electron chi connectivity index (χ2n) is 4.34. The minimum absolute atomic E-state index is 0.865. The van der Waals surface area contributed by atoms with Crippen molar-refractivity contribution in [1.82, 2.24) is 0 Å². The maximum Gasteiger partial charge on any atom is 1.04 e. The van der Waals surface area contributed by atoms with Gasteiger partial charge < -0.3 is 23.3 Å². The lowest BCUT2D eigenvalue weighted by atomic mass is 10.4. The molecule has 0 aromatic heterocycles. The Labute approximate surface area is 105 Å². The van der Waals surface area contributed by atoms with Gasteiger partial charge in [0, 0.05) is 19.4 Å². The van der Waals surface area contributed by atoms with E-state index in [1.54, 1.807) is 0 Å². The fraction of sp³-hybridized carbons (Fsp3) is 1.00. The summed E-state index contributed by atoms with van der Waals surface area (Å²) in [5.41, 5.74) is 0. The summed E-state index contributed by atoms with van der Waals surface area (Å²) in [6.07, 6.45) is 4.08. The minimum atomic E-state index is -6.83. The van der Waals surface area contributed by atoms with E-state index in [2.05, 4.69) is 13.8 Å². The number of nitrogens with zero attached hydrogens (tertiary/aromatic N) is 1. The summed E-state index contributed by atoms with van der Waals surface area (Å²) in [5, 5.41) is 0. The van der Waals surface area contributed by atoms with Crippen LogP contribution in [0.25, 0.3) is 0 Å². The van der Waals surface area contributed by atoms with E-state index in [-0.39, 0.29) is 0 Å². The summed E-state index contributed by atoms with van der Waals surface area (Å²) >= 11 is -6.83. The Bertz CT molecular complexity index is 189. The van der Waals surface area contributed by atoms with Crippen molar-refractivity contribution >= 4 is 14.9 Å². The minimum Gasteiger partial charge on any atom is -0.510 e. The second-order valence-corrected chi connectivity index (χ2v) is 5.33. The van der Waals surface area contributed by atoms with Crippen molar-refractivity contribution in [3.8, 4) is 0 Å². The average Bonchev–Trinajstić information content (AvgIpc) is 2.62. The van der Waals surface area contributed by atoms with E-state index >= 15 is 0 Å². The summed E-state index contributed by atoms with van der Waals surface area (Å²) < 4.78 is 46.2. The Hall–Kier alpha value is 0.172. The number of quaternary nitrogens is 1. The molecule has 1 heterocycles. The third-order valence-corrected chi connectivity index (χ3v) is 2.78. The number of rotatable bonds is 5. The van der Waals surface area contributed by atoms with Crippen molar-refractivity contribution in [1.29, 1.82) is 0 Å². The zero-order valence-electron chi connectivity index (χ0n) is 10.6. The van der Waals surface area contributed by atoms with Gasteiger partial charge in [0.15, 0.2) is 6.73 Å². The van der Waals surface area contributed by atoms with E-state index in [1.165, 1.54) is 43.4 Å². The van der Waals surface area contributed by atoms with Crippen molar-refractivity contribution < 1.29 is 23.3 Å². The molecule has 1 saturated heterocycles. The molecule has 104 valence electrons. The zero-order valence-corrected chi connectivity index (χ0v) is 11.8. The van der Waals surface area contributed by atoms with Crippen LogP contribution < -0.4 is 0 Å². The van der Waals surface area contributed by atoms with Gasteiger partial charge in [-0.15, -0.1) is 0 Å². The third kappa shape index (κ3) is 9.84. The van der Waals surface area contributed by atoms with Gasteiger partial charge in [0.1, 0.15) is 0 Å². The van der Waals surface area contributed by atoms with Crippen LogP contribution in [0.1, 0.15) is 33.1 Å². The van der Waals surface area contributed by atoms with Crippen molar-refractivity contribution in [2.75, 3.05) is 33.0 Å². The van der Waals surface area contributed by atoms with Crippen LogP contribution in [0, 0.1) is 0 Å². The lowest BCUT2D eigenvalue weighted by molar-refractivity contribution is -0.935. The first-order chi connectivity index (χ1) is 7.83. The summed E-state index contributed by atoms with van der Waals surface area (Å²) in [5.74, 6) is 0. The monoisotopic (exact) mass is 275 g/mol. The van der Waals surface area contributed by atoms with Crippen LogP contribution in [0.5, 0.6) is 0 Å². The summed E-state index contributed by atoms with van der Waals surface area (Å²) in [4.78, 5) is 0. The van der Waals surface area contributed by atoms with E-state index in [0.717, 1.165) is 13.3 Å². The van der Waals surface area contributed by atoms with Gasteiger partial charge in [0.05, 0.1) is 19.6 Å². The normalized spacial score (nSPS) is 18.7. The van der Waals surface area contributed by atoms with E-state index in [4.69, 9.17) is 4.74 Å². The van der Waals surface area contributed by atoms with E-state index < -0.39 is 14.9 Å². The number of hydrogen-bond donors (Lipinski definition) is 0. The molecule has 0 amide bonds. The molecule has 0 aliphatic carbocycles. The summed E-state index contributed by atoms with van der Waals surface area (Å²) in [6, 6.07) is 0. The maximum absolute atomic E-state index is 9.85. The molecule has 1 aliphatic heterocycles. The van der Waals surface area contributed by atoms with Crippen LogP contribution in [0.2, 0.25) is 0 Å². The molecule has 1 fully saturated rings. The number of halogens is 4. The number of likely N-dealkylation sites (tertiary alicyclic amines) is 1. The van der Waals surface area contributed by atoms with Crippen molar-refractivity contribution in [2.24, 2.45) is 0 Å². The van der Waals surface area contributed by atoms with E-state index in [1.807, 2.05) is 0 Å². The first-order valence-electron chi connectivity index (χ1n) is 6.13. The summed E-state index contributed by atoms with van der Waals surface area (Å²) in [7, 11) is 0. The molecule has 0 atom stereocenters. The Kier molecular flexibility index (Phi) is 8.39. The lowest BCUT2D eigenvalue weighted by Gasteiger charge is -2.33. The molecule has 1 aliphatic rings. The van der Waals surface area contributed by atoms with Crippen LogP contribution in [0.4, 0.5) is 14.1 Å². The molecule has 0 radical (unpaired) electrons. The van der Waals surface area contributed by atoms with Gasteiger partial charge in [0.25, 0.3) is 0 Å².